The van der Waals surface area contributed by atoms with Crippen LogP contribution in [0, 0.1) is 29.5 Å². The molecule has 4 rings (SSSR count). The minimum absolute atomic E-state index is 0.126. The maximum Gasteiger partial charge on any atom is 0.308 e. The summed E-state index contributed by atoms with van der Waals surface area (Å²) in [5, 5.41) is 10.8. The van der Waals surface area contributed by atoms with Crippen LogP contribution in [0.3, 0.4) is 0 Å². The number of hydrogen-bond donors (Lipinski definition) is 1. The molecule has 188 valence electrons. The Kier molecular flexibility index (Phi) is 8.40. The first-order valence-corrected chi connectivity index (χ1v) is 12.2. The molecule has 3 atom stereocenters. The largest absolute Gasteiger partial charge is 0.497 e. The number of fused-ring (bicyclic) bond motifs is 1. The Morgan fingerprint density at radius 2 is 2.14 bits per heavy atom. The zero-order valence-corrected chi connectivity index (χ0v) is 20.6. The highest BCUT2D eigenvalue weighted by Crippen LogP contribution is 2.35. The number of rotatable bonds is 7. The molecule has 3 aromatic rings. The Labute approximate surface area is 214 Å². The molecule has 2 heterocycles. The van der Waals surface area contributed by atoms with Gasteiger partial charge < -0.3 is 9.84 Å². The van der Waals surface area contributed by atoms with Crippen LogP contribution in [0.1, 0.15) is 36.6 Å². The third-order valence-corrected chi connectivity index (χ3v) is 7.04. The van der Waals surface area contributed by atoms with Gasteiger partial charge in [-0.25, -0.2) is 8.78 Å². The van der Waals surface area contributed by atoms with Gasteiger partial charge in [-0.2, -0.15) is 0 Å². The Bertz CT molecular complexity index is 1310. The van der Waals surface area contributed by atoms with E-state index in [9.17, 15) is 14.3 Å². The van der Waals surface area contributed by atoms with E-state index in [4.69, 9.17) is 16.3 Å². The van der Waals surface area contributed by atoms with Gasteiger partial charge in [0.25, 0.3) is 0 Å². The quantitative estimate of drug-likeness (QED) is 0.399. The van der Waals surface area contributed by atoms with Crippen LogP contribution < -0.4 is 4.74 Å². The molecule has 0 radical (unpaired) electrons. The van der Waals surface area contributed by atoms with Crippen molar-refractivity contribution >= 4 is 28.5 Å². The molecule has 0 saturated carbocycles. The normalized spacial score (nSPS) is 18.9. The van der Waals surface area contributed by atoms with Crippen LogP contribution in [0.25, 0.3) is 10.9 Å². The van der Waals surface area contributed by atoms with Crippen molar-refractivity contribution in [3.63, 3.8) is 0 Å². The van der Waals surface area contributed by atoms with Crippen LogP contribution in [0.5, 0.6) is 5.75 Å². The second-order valence-corrected chi connectivity index (χ2v) is 9.39. The average molecular weight is 513 g/mol. The van der Waals surface area contributed by atoms with E-state index in [1.54, 1.807) is 37.6 Å². The third-order valence-electron chi connectivity index (χ3n) is 6.72. The van der Waals surface area contributed by atoms with Crippen molar-refractivity contribution in [2.45, 2.75) is 25.4 Å². The lowest BCUT2D eigenvalue weighted by Crippen LogP contribution is -2.44. The molecular formula is C28H27ClF2N2O3. The minimum Gasteiger partial charge on any atom is -0.497 e. The minimum atomic E-state index is -1.23. The lowest BCUT2D eigenvalue weighted by molar-refractivity contribution is -0.146. The second kappa shape index (κ2) is 11.7. The first-order chi connectivity index (χ1) is 17.4. The SMILES string of the molecule is COc1ccc2nccc([C@H](F)CC[C@@H]3CCN(CC#Cc4ccc(F)cc4Cl)C[C@@H]3C(=O)O)c2c1. The summed E-state index contributed by atoms with van der Waals surface area (Å²) < 4.78 is 33.8. The highest BCUT2D eigenvalue weighted by atomic mass is 35.5. The predicted octanol–water partition coefficient (Wildman–Crippen LogP) is 5.90. The molecule has 2 aromatic carbocycles. The fraction of sp³-hybridized carbons (Fsp3) is 0.357. The number of carboxylic acid groups (broad SMARTS) is 1. The predicted molar refractivity (Wildman–Crippen MR) is 135 cm³/mol. The van der Waals surface area contributed by atoms with E-state index in [0.29, 0.717) is 60.3 Å². The fourth-order valence-electron chi connectivity index (χ4n) is 4.74. The topological polar surface area (TPSA) is 62.7 Å². The standard InChI is InChI=1S/C28H27ClF2N2O3/c1-36-21-7-9-27-23(16-21)22(10-12-32-27)26(31)8-5-18-11-14-33(17-24(18)28(34)35)13-2-3-19-4-6-20(30)15-25(19)29/h4,6-7,9-10,12,15-16,18,24,26H,5,8,11,13-14,17H2,1H3,(H,34,35)/t18-,24+,26-/m1/s1. The molecule has 8 heteroatoms. The van der Waals surface area contributed by atoms with Crippen molar-refractivity contribution in [3.8, 4) is 17.6 Å². The van der Waals surface area contributed by atoms with Crippen molar-refractivity contribution in [1.82, 2.24) is 9.88 Å². The van der Waals surface area contributed by atoms with E-state index in [2.05, 4.69) is 16.8 Å². The molecule has 1 N–H and O–H groups in total. The molecular weight excluding hydrogens is 486 g/mol. The molecule has 1 saturated heterocycles. The number of carboxylic acids is 1. The van der Waals surface area contributed by atoms with Crippen molar-refractivity contribution in [2.75, 3.05) is 26.7 Å². The highest BCUT2D eigenvalue weighted by Gasteiger charge is 2.34. The van der Waals surface area contributed by atoms with Crippen LogP contribution in [0.15, 0.2) is 48.7 Å². The van der Waals surface area contributed by atoms with Gasteiger partial charge in [-0.05, 0) is 79.8 Å². The van der Waals surface area contributed by atoms with Gasteiger partial charge in [0.1, 0.15) is 17.7 Å². The fourth-order valence-corrected chi connectivity index (χ4v) is 4.95. The summed E-state index contributed by atoms with van der Waals surface area (Å²) in [5.74, 6) is 4.52. The summed E-state index contributed by atoms with van der Waals surface area (Å²) in [6, 6.07) is 11.1. The molecule has 0 bridgehead atoms. The number of aromatic nitrogens is 1. The van der Waals surface area contributed by atoms with Crippen molar-refractivity contribution in [2.24, 2.45) is 11.8 Å². The van der Waals surface area contributed by atoms with Crippen LogP contribution >= 0.6 is 11.6 Å². The van der Waals surface area contributed by atoms with Gasteiger partial charge in [-0.15, -0.1) is 0 Å². The van der Waals surface area contributed by atoms with Gasteiger partial charge in [0, 0.05) is 23.7 Å². The summed E-state index contributed by atoms with van der Waals surface area (Å²) in [7, 11) is 1.56. The van der Waals surface area contributed by atoms with E-state index < -0.39 is 23.9 Å². The van der Waals surface area contributed by atoms with Gasteiger partial charge in [-0.3, -0.25) is 14.7 Å². The number of carbonyl (C=O) groups is 1. The Morgan fingerprint density at radius 3 is 2.89 bits per heavy atom. The molecule has 1 aliphatic heterocycles. The monoisotopic (exact) mass is 512 g/mol. The van der Waals surface area contributed by atoms with Crippen LogP contribution in [0.4, 0.5) is 8.78 Å². The number of halogens is 3. The number of aliphatic carboxylic acids is 1. The summed E-state index contributed by atoms with van der Waals surface area (Å²) in [5.41, 5.74) is 1.76. The van der Waals surface area contributed by atoms with Gasteiger partial charge in [0.05, 0.1) is 30.1 Å². The number of pyridine rings is 1. The van der Waals surface area contributed by atoms with Gasteiger partial charge in [0.15, 0.2) is 0 Å². The molecule has 1 fully saturated rings. The summed E-state index contributed by atoms with van der Waals surface area (Å²) in [6.45, 7) is 1.39. The first kappa shape index (κ1) is 25.9. The number of piperidine rings is 1. The number of nitrogens with zero attached hydrogens (tertiary/aromatic N) is 2. The number of hydrogen-bond acceptors (Lipinski definition) is 4. The number of likely N-dealkylation sites (tertiary alicyclic amines) is 1. The summed E-state index contributed by atoms with van der Waals surface area (Å²) in [6.07, 6.45) is 1.70. The van der Waals surface area contributed by atoms with Crippen molar-refractivity contribution < 1.29 is 23.4 Å². The van der Waals surface area contributed by atoms with Crippen LogP contribution in [0.2, 0.25) is 5.02 Å². The zero-order chi connectivity index (χ0) is 25.7. The summed E-state index contributed by atoms with van der Waals surface area (Å²) in [4.78, 5) is 18.3. The number of benzene rings is 2. The lowest BCUT2D eigenvalue weighted by Gasteiger charge is -2.35. The maximum atomic E-state index is 15.4. The molecule has 1 aliphatic rings. The molecule has 36 heavy (non-hydrogen) atoms. The first-order valence-electron chi connectivity index (χ1n) is 11.8. The van der Waals surface area contributed by atoms with E-state index >= 15 is 4.39 Å². The third kappa shape index (κ3) is 6.13. The number of ether oxygens (including phenoxy) is 1. The molecule has 0 unspecified atom stereocenters. The molecule has 1 aromatic heterocycles. The van der Waals surface area contributed by atoms with Gasteiger partial charge in [-0.1, -0.05) is 23.4 Å². The van der Waals surface area contributed by atoms with Gasteiger partial charge in [0.2, 0.25) is 0 Å². The van der Waals surface area contributed by atoms with E-state index in [-0.39, 0.29) is 17.4 Å². The second-order valence-electron chi connectivity index (χ2n) is 8.98. The van der Waals surface area contributed by atoms with Crippen molar-refractivity contribution in [3.05, 3.63) is 70.6 Å². The highest BCUT2D eigenvalue weighted by molar-refractivity contribution is 6.31. The van der Waals surface area contributed by atoms with E-state index in [1.807, 2.05) is 4.90 Å². The zero-order valence-electron chi connectivity index (χ0n) is 19.9. The molecule has 0 spiro atoms. The lowest BCUT2D eigenvalue weighted by atomic mass is 9.81. The van der Waals surface area contributed by atoms with Crippen LogP contribution in [-0.2, 0) is 4.79 Å². The molecule has 0 aliphatic carbocycles. The van der Waals surface area contributed by atoms with Gasteiger partial charge >= 0.3 is 5.97 Å². The Morgan fingerprint density at radius 1 is 1.31 bits per heavy atom. The van der Waals surface area contributed by atoms with Crippen LogP contribution in [-0.4, -0.2) is 47.7 Å². The maximum absolute atomic E-state index is 15.4. The molecule has 0 amide bonds. The number of alkyl halides is 1. The number of methoxy groups -OCH3 is 1. The average Bonchev–Trinajstić information content (AvgIpc) is 2.88. The smallest absolute Gasteiger partial charge is 0.308 e. The molecule has 5 nitrogen and oxygen atoms in total. The summed E-state index contributed by atoms with van der Waals surface area (Å²) >= 11 is 6.01. The Hall–Kier alpha value is -3.21. The Balaban J connectivity index is 1.38. The van der Waals surface area contributed by atoms with E-state index in [1.165, 1.54) is 18.2 Å². The van der Waals surface area contributed by atoms with Crippen molar-refractivity contribution in [1.29, 1.82) is 0 Å². The van der Waals surface area contributed by atoms with E-state index in [0.717, 1.165) is 0 Å².